The average Bonchev–Trinajstić information content (AvgIpc) is 2.58. The first-order chi connectivity index (χ1) is 10.8. The highest BCUT2D eigenvalue weighted by Crippen LogP contribution is 2.20. The largest absolute Gasteiger partial charge is 0.300 e. The third-order valence-corrected chi connectivity index (χ3v) is 5.12. The minimum atomic E-state index is 0.852. The van der Waals surface area contributed by atoms with Gasteiger partial charge in [0.15, 0.2) is 0 Å². The molecule has 3 rings (SSSR count). The van der Waals surface area contributed by atoms with Crippen LogP contribution in [0.4, 0.5) is 0 Å². The van der Waals surface area contributed by atoms with Gasteiger partial charge in [-0.25, -0.2) is 0 Å². The Bertz CT molecular complexity index is 463. The first-order valence-corrected chi connectivity index (χ1v) is 8.86. The molecule has 22 heavy (non-hydrogen) atoms. The number of rotatable bonds is 4. The molecule has 1 aromatic rings. The van der Waals surface area contributed by atoms with Gasteiger partial charge in [0.2, 0.25) is 0 Å². The van der Waals surface area contributed by atoms with Crippen LogP contribution in [0.3, 0.4) is 0 Å². The van der Waals surface area contributed by atoms with Crippen LogP contribution in [-0.4, -0.2) is 48.6 Å². The Labute approximate surface area is 135 Å². The number of hydrogen-bond acceptors (Lipinski definition) is 2. The zero-order valence-corrected chi connectivity index (χ0v) is 13.7. The van der Waals surface area contributed by atoms with Crippen LogP contribution >= 0.6 is 0 Å². The smallest absolute Gasteiger partial charge is 0.0166 e. The molecule has 1 aromatic carbocycles. The Morgan fingerprint density at radius 1 is 0.955 bits per heavy atom. The summed E-state index contributed by atoms with van der Waals surface area (Å²) in [5.41, 5.74) is 2.35. The molecular formula is C20H29N2. The van der Waals surface area contributed by atoms with Gasteiger partial charge in [0.1, 0.15) is 0 Å². The number of piperidine rings is 2. The molecule has 2 aliphatic heterocycles. The van der Waals surface area contributed by atoms with E-state index in [2.05, 4.69) is 53.1 Å². The molecule has 0 unspecified atom stereocenters. The van der Waals surface area contributed by atoms with E-state index in [4.69, 9.17) is 0 Å². The minimum Gasteiger partial charge on any atom is -0.300 e. The van der Waals surface area contributed by atoms with E-state index in [1.807, 2.05) is 0 Å². The first kappa shape index (κ1) is 15.8. The molecule has 0 aliphatic carbocycles. The lowest BCUT2D eigenvalue weighted by Gasteiger charge is -2.40. The topological polar surface area (TPSA) is 6.48 Å². The Hall–Kier alpha value is -1.12. The number of hydrogen-bond donors (Lipinski definition) is 0. The van der Waals surface area contributed by atoms with E-state index in [0.717, 1.165) is 18.2 Å². The molecule has 1 radical (unpaired) electrons. The molecule has 2 nitrogen and oxygen atoms in total. The van der Waals surface area contributed by atoms with Gasteiger partial charge in [-0.1, -0.05) is 42.8 Å². The fourth-order valence-electron chi connectivity index (χ4n) is 3.72. The van der Waals surface area contributed by atoms with Gasteiger partial charge in [-0.2, -0.15) is 0 Å². The monoisotopic (exact) mass is 297 g/mol. The van der Waals surface area contributed by atoms with Crippen LogP contribution in [0.15, 0.2) is 30.3 Å². The van der Waals surface area contributed by atoms with Gasteiger partial charge in [0.25, 0.3) is 0 Å². The molecule has 2 fully saturated rings. The number of benzene rings is 1. The lowest BCUT2D eigenvalue weighted by Crippen LogP contribution is -2.46. The van der Waals surface area contributed by atoms with Crippen molar-refractivity contribution in [2.45, 2.75) is 38.1 Å². The average molecular weight is 297 g/mol. The zero-order chi connectivity index (χ0) is 15.2. The highest BCUT2D eigenvalue weighted by molar-refractivity contribution is 5.50. The van der Waals surface area contributed by atoms with Crippen LogP contribution in [0, 0.1) is 6.92 Å². The lowest BCUT2D eigenvalue weighted by atomic mass is 10.00. The van der Waals surface area contributed by atoms with Crippen molar-refractivity contribution in [3.05, 3.63) is 48.4 Å². The van der Waals surface area contributed by atoms with E-state index in [-0.39, 0.29) is 0 Å². The van der Waals surface area contributed by atoms with Crippen LogP contribution in [0.2, 0.25) is 0 Å². The van der Waals surface area contributed by atoms with Crippen LogP contribution in [0.5, 0.6) is 0 Å². The molecule has 0 bridgehead atoms. The summed E-state index contributed by atoms with van der Waals surface area (Å²) in [6.07, 6.45) is 11.5. The van der Waals surface area contributed by atoms with E-state index in [1.165, 1.54) is 63.8 Å². The molecule has 2 saturated heterocycles. The quantitative estimate of drug-likeness (QED) is 0.833. The van der Waals surface area contributed by atoms with E-state index < -0.39 is 0 Å². The van der Waals surface area contributed by atoms with Crippen molar-refractivity contribution in [2.75, 3.05) is 32.7 Å². The Kier molecular flexibility index (Phi) is 5.69. The summed E-state index contributed by atoms with van der Waals surface area (Å²) in [6.45, 7) is 10.2. The predicted octanol–water partition coefficient (Wildman–Crippen LogP) is 3.83. The van der Waals surface area contributed by atoms with Gasteiger partial charge >= 0.3 is 0 Å². The Balaban J connectivity index is 1.41. The van der Waals surface area contributed by atoms with Gasteiger partial charge in [0, 0.05) is 12.6 Å². The van der Waals surface area contributed by atoms with Crippen LogP contribution in [0.1, 0.15) is 43.2 Å². The Morgan fingerprint density at radius 3 is 2.32 bits per heavy atom. The zero-order valence-electron chi connectivity index (χ0n) is 13.7. The number of nitrogens with zero attached hydrogens (tertiary/aromatic N) is 2. The van der Waals surface area contributed by atoms with E-state index in [9.17, 15) is 0 Å². The van der Waals surface area contributed by atoms with Crippen molar-refractivity contribution in [3.8, 4) is 0 Å². The molecule has 2 aliphatic rings. The second-order valence-electron chi connectivity index (χ2n) is 6.77. The molecular weight excluding hydrogens is 268 g/mol. The molecule has 0 saturated carbocycles. The van der Waals surface area contributed by atoms with Gasteiger partial charge in [-0.15, -0.1) is 0 Å². The molecule has 2 heteroatoms. The Morgan fingerprint density at radius 2 is 1.64 bits per heavy atom. The second-order valence-corrected chi connectivity index (χ2v) is 6.77. The van der Waals surface area contributed by atoms with E-state index in [0.29, 0.717) is 0 Å². The lowest BCUT2D eigenvalue weighted by molar-refractivity contribution is 0.0975. The normalized spacial score (nSPS) is 22.4. The summed E-state index contributed by atoms with van der Waals surface area (Å²) in [4.78, 5) is 5.34. The fourth-order valence-corrected chi connectivity index (χ4v) is 3.72. The third-order valence-electron chi connectivity index (χ3n) is 5.12. The molecule has 2 heterocycles. The van der Waals surface area contributed by atoms with Crippen molar-refractivity contribution >= 4 is 6.08 Å². The molecule has 0 amide bonds. The summed E-state index contributed by atoms with van der Waals surface area (Å²) in [5, 5.41) is 0. The van der Waals surface area contributed by atoms with E-state index >= 15 is 0 Å². The minimum absolute atomic E-state index is 0.852. The van der Waals surface area contributed by atoms with Gasteiger partial charge in [0.05, 0.1) is 0 Å². The van der Waals surface area contributed by atoms with Crippen LogP contribution in [0.25, 0.3) is 6.08 Å². The molecule has 0 aromatic heterocycles. The number of likely N-dealkylation sites (tertiary alicyclic amines) is 2. The standard InChI is InChI=1S/C20H29N2/c1-18-7-9-19(10-8-18)6-5-13-21-16-11-20(12-17-21)22-14-3-2-4-15-22/h5-10,20H,1-4,11-17H2/b6-5+. The van der Waals surface area contributed by atoms with Crippen molar-refractivity contribution in [1.82, 2.24) is 9.80 Å². The van der Waals surface area contributed by atoms with Crippen LogP contribution < -0.4 is 0 Å². The van der Waals surface area contributed by atoms with Crippen molar-refractivity contribution < 1.29 is 0 Å². The van der Waals surface area contributed by atoms with Crippen LogP contribution in [-0.2, 0) is 0 Å². The van der Waals surface area contributed by atoms with Gasteiger partial charge < -0.3 is 4.90 Å². The van der Waals surface area contributed by atoms with Gasteiger partial charge in [-0.05, 0) is 69.9 Å². The maximum absolute atomic E-state index is 3.92. The maximum Gasteiger partial charge on any atom is 0.0166 e. The summed E-state index contributed by atoms with van der Waals surface area (Å²) >= 11 is 0. The summed E-state index contributed by atoms with van der Waals surface area (Å²) in [7, 11) is 0. The van der Waals surface area contributed by atoms with Crippen molar-refractivity contribution in [3.63, 3.8) is 0 Å². The highest BCUT2D eigenvalue weighted by Gasteiger charge is 2.24. The fraction of sp³-hybridized carbons (Fsp3) is 0.550. The maximum atomic E-state index is 3.92. The van der Waals surface area contributed by atoms with Gasteiger partial charge in [-0.3, -0.25) is 4.90 Å². The third kappa shape index (κ3) is 4.44. The molecule has 119 valence electrons. The SMILES string of the molecule is [CH2]c1ccc(/C=C/CN2CCC(N3CCCCC3)CC2)cc1. The van der Waals surface area contributed by atoms with E-state index in [1.54, 1.807) is 0 Å². The molecule has 0 spiro atoms. The summed E-state index contributed by atoms with van der Waals surface area (Å²) in [5.74, 6) is 0. The molecule has 0 atom stereocenters. The van der Waals surface area contributed by atoms with Crippen molar-refractivity contribution in [1.29, 1.82) is 0 Å². The summed E-state index contributed by atoms with van der Waals surface area (Å²) in [6, 6.07) is 9.28. The predicted molar refractivity (Wildman–Crippen MR) is 94.8 cm³/mol. The molecule has 0 N–H and O–H groups in total. The highest BCUT2D eigenvalue weighted by atomic mass is 15.2. The second kappa shape index (κ2) is 7.94. The summed E-state index contributed by atoms with van der Waals surface area (Å²) < 4.78 is 0. The first-order valence-electron chi connectivity index (χ1n) is 8.86. The van der Waals surface area contributed by atoms with Crippen molar-refractivity contribution in [2.24, 2.45) is 0 Å².